The molecule has 34 heavy (non-hydrogen) atoms. The number of aryl methyl sites for hydroxylation is 1. The molecular formula is C28H37N5S. The number of benzene rings is 1. The van der Waals surface area contributed by atoms with Gasteiger partial charge < -0.3 is 19.7 Å². The highest BCUT2D eigenvalue weighted by Crippen LogP contribution is 2.41. The molecule has 0 radical (unpaired) electrons. The minimum absolute atomic E-state index is 0.0320. The van der Waals surface area contributed by atoms with Crippen LogP contribution in [0.1, 0.15) is 68.3 Å². The maximum Gasteiger partial charge on any atom is 0.170 e. The van der Waals surface area contributed by atoms with Crippen molar-refractivity contribution < 1.29 is 0 Å². The van der Waals surface area contributed by atoms with E-state index in [9.17, 15) is 0 Å². The molecule has 2 atom stereocenters. The van der Waals surface area contributed by atoms with Crippen LogP contribution in [0.25, 0.3) is 5.69 Å². The Morgan fingerprint density at radius 3 is 2.38 bits per heavy atom. The van der Waals surface area contributed by atoms with E-state index in [-0.39, 0.29) is 12.1 Å². The van der Waals surface area contributed by atoms with E-state index in [2.05, 4.69) is 102 Å². The topological polar surface area (TPSA) is 36.3 Å². The first-order valence-corrected chi connectivity index (χ1v) is 12.9. The summed E-state index contributed by atoms with van der Waals surface area (Å²) in [5.41, 5.74) is 7.29. The zero-order chi connectivity index (χ0) is 24.2. The molecule has 0 saturated carbocycles. The summed E-state index contributed by atoms with van der Waals surface area (Å²) in [4.78, 5) is 9.43. The standard InChI is InChI=1S/C28H37N5S/c1-6-9-18-32-27(26(30-28(32)34)25-12-10-11-17-29-25)24-19-20(4)33(21(24)5)23-15-13-22(14-16-23)31(7-2)8-3/h10-17,19,26-27H,6-9,18H2,1-5H3,(H,30,34). The van der Waals surface area contributed by atoms with Crippen LogP contribution < -0.4 is 10.2 Å². The van der Waals surface area contributed by atoms with Crippen LogP contribution in [0.3, 0.4) is 0 Å². The SMILES string of the molecule is CCCCN1C(=S)NC(c2ccccn2)C1c1cc(C)n(-c2ccc(N(CC)CC)cc2)c1C. The minimum atomic E-state index is 0.0320. The third kappa shape index (κ3) is 4.56. The van der Waals surface area contributed by atoms with Crippen molar-refractivity contribution in [2.75, 3.05) is 24.5 Å². The lowest BCUT2D eigenvalue weighted by atomic mass is 9.96. The summed E-state index contributed by atoms with van der Waals surface area (Å²) in [7, 11) is 0. The largest absolute Gasteiger partial charge is 0.372 e. The Hall–Kier alpha value is -2.86. The number of pyridine rings is 1. The van der Waals surface area contributed by atoms with Gasteiger partial charge in [0, 0.05) is 48.6 Å². The smallest absolute Gasteiger partial charge is 0.170 e. The van der Waals surface area contributed by atoms with E-state index in [0.29, 0.717) is 0 Å². The molecule has 3 heterocycles. The van der Waals surface area contributed by atoms with Gasteiger partial charge in [0.05, 0.1) is 17.8 Å². The van der Waals surface area contributed by atoms with Crippen LogP contribution in [0.4, 0.5) is 5.69 Å². The first-order valence-electron chi connectivity index (χ1n) is 12.5. The van der Waals surface area contributed by atoms with Gasteiger partial charge in [-0.3, -0.25) is 4.98 Å². The van der Waals surface area contributed by atoms with E-state index < -0.39 is 0 Å². The van der Waals surface area contributed by atoms with Gasteiger partial charge in [0.2, 0.25) is 0 Å². The number of rotatable bonds is 9. The normalized spacial score (nSPS) is 17.8. The predicted molar refractivity (Wildman–Crippen MR) is 146 cm³/mol. The molecule has 1 saturated heterocycles. The average Bonchev–Trinajstić information content (AvgIpc) is 3.34. The first kappa shape index (κ1) is 24.3. The Morgan fingerprint density at radius 1 is 1.03 bits per heavy atom. The van der Waals surface area contributed by atoms with Crippen LogP contribution >= 0.6 is 12.2 Å². The maximum absolute atomic E-state index is 5.82. The Kier molecular flexibility index (Phi) is 7.57. The molecular weight excluding hydrogens is 438 g/mol. The summed E-state index contributed by atoms with van der Waals surface area (Å²) in [6.07, 6.45) is 4.11. The highest BCUT2D eigenvalue weighted by Gasteiger charge is 2.41. The quantitative estimate of drug-likeness (QED) is 0.378. The molecule has 4 rings (SSSR count). The van der Waals surface area contributed by atoms with Crippen LogP contribution in [-0.2, 0) is 0 Å². The number of unbranched alkanes of at least 4 members (excludes halogenated alkanes) is 1. The molecule has 3 aromatic rings. The lowest BCUT2D eigenvalue weighted by molar-refractivity contribution is 0.312. The highest BCUT2D eigenvalue weighted by molar-refractivity contribution is 7.80. The minimum Gasteiger partial charge on any atom is -0.372 e. The molecule has 0 bridgehead atoms. The molecule has 180 valence electrons. The lowest BCUT2D eigenvalue weighted by Crippen LogP contribution is -2.30. The van der Waals surface area contributed by atoms with Crippen molar-refractivity contribution in [2.45, 2.75) is 59.5 Å². The molecule has 2 aromatic heterocycles. The van der Waals surface area contributed by atoms with E-state index >= 15 is 0 Å². The Morgan fingerprint density at radius 2 is 1.76 bits per heavy atom. The summed E-state index contributed by atoms with van der Waals surface area (Å²) in [6, 6.07) is 17.5. The molecule has 6 heteroatoms. The summed E-state index contributed by atoms with van der Waals surface area (Å²) in [5, 5.41) is 4.41. The van der Waals surface area contributed by atoms with Crippen LogP contribution in [0.15, 0.2) is 54.7 Å². The molecule has 1 fully saturated rings. The number of nitrogens with zero attached hydrogens (tertiary/aromatic N) is 4. The van der Waals surface area contributed by atoms with E-state index in [1.807, 2.05) is 12.3 Å². The van der Waals surface area contributed by atoms with E-state index in [1.54, 1.807) is 0 Å². The van der Waals surface area contributed by atoms with E-state index in [4.69, 9.17) is 12.2 Å². The Labute approximate surface area is 209 Å². The second-order valence-corrected chi connectivity index (χ2v) is 9.41. The van der Waals surface area contributed by atoms with Gasteiger partial charge in [0.1, 0.15) is 0 Å². The van der Waals surface area contributed by atoms with Crippen molar-refractivity contribution >= 4 is 23.0 Å². The first-order chi connectivity index (χ1) is 16.5. The Balaban J connectivity index is 1.75. The fourth-order valence-electron chi connectivity index (χ4n) is 5.20. The molecule has 1 aliphatic heterocycles. The van der Waals surface area contributed by atoms with Crippen LogP contribution in [0.5, 0.6) is 0 Å². The van der Waals surface area contributed by atoms with Crippen molar-refractivity contribution in [1.29, 1.82) is 0 Å². The van der Waals surface area contributed by atoms with E-state index in [1.165, 1.54) is 28.3 Å². The van der Waals surface area contributed by atoms with Crippen LogP contribution in [-0.4, -0.2) is 39.2 Å². The molecule has 5 nitrogen and oxygen atoms in total. The van der Waals surface area contributed by atoms with Gasteiger partial charge in [0.15, 0.2) is 5.11 Å². The monoisotopic (exact) mass is 475 g/mol. The molecule has 0 aliphatic carbocycles. The molecule has 1 aliphatic rings. The molecule has 2 unspecified atom stereocenters. The molecule has 0 amide bonds. The van der Waals surface area contributed by atoms with Crippen LogP contribution in [0, 0.1) is 13.8 Å². The third-order valence-electron chi connectivity index (χ3n) is 6.98. The molecule has 0 spiro atoms. The van der Waals surface area contributed by atoms with Crippen molar-refractivity contribution in [2.24, 2.45) is 0 Å². The maximum atomic E-state index is 5.82. The number of aromatic nitrogens is 2. The summed E-state index contributed by atoms with van der Waals surface area (Å²) in [6.45, 7) is 14.0. The summed E-state index contributed by atoms with van der Waals surface area (Å²) >= 11 is 5.82. The second kappa shape index (κ2) is 10.6. The van der Waals surface area contributed by atoms with Crippen molar-refractivity contribution in [3.8, 4) is 5.69 Å². The number of anilines is 1. The molecule has 1 N–H and O–H groups in total. The fraction of sp³-hybridized carbons (Fsp3) is 0.429. The van der Waals surface area contributed by atoms with Crippen molar-refractivity contribution in [3.63, 3.8) is 0 Å². The number of thiocarbonyl (C=S) groups is 1. The highest BCUT2D eigenvalue weighted by atomic mass is 32.1. The summed E-state index contributed by atoms with van der Waals surface area (Å²) < 4.78 is 2.37. The van der Waals surface area contributed by atoms with Gasteiger partial charge in [-0.2, -0.15) is 0 Å². The fourth-order valence-corrected chi connectivity index (χ4v) is 5.53. The number of hydrogen-bond acceptors (Lipinski definition) is 3. The van der Waals surface area contributed by atoms with E-state index in [0.717, 1.165) is 43.3 Å². The van der Waals surface area contributed by atoms with Gasteiger partial charge in [0.25, 0.3) is 0 Å². The molecule has 1 aromatic carbocycles. The predicted octanol–water partition coefficient (Wildman–Crippen LogP) is 6.11. The summed E-state index contributed by atoms with van der Waals surface area (Å²) in [5.74, 6) is 0. The van der Waals surface area contributed by atoms with Gasteiger partial charge in [-0.15, -0.1) is 0 Å². The third-order valence-corrected chi connectivity index (χ3v) is 7.33. The van der Waals surface area contributed by atoms with Crippen molar-refractivity contribution in [1.82, 2.24) is 19.8 Å². The van der Waals surface area contributed by atoms with Gasteiger partial charge in [-0.25, -0.2) is 0 Å². The zero-order valence-corrected chi connectivity index (χ0v) is 21.9. The Bertz CT molecular complexity index is 1100. The van der Waals surface area contributed by atoms with Crippen molar-refractivity contribution in [3.05, 3.63) is 77.4 Å². The average molecular weight is 476 g/mol. The second-order valence-electron chi connectivity index (χ2n) is 9.02. The van der Waals surface area contributed by atoms with Gasteiger partial charge in [-0.1, -0.05) is 19.4 Å². The number of nitrogens with one attached hydrogen (secondary N) is 1. The van der Waals surface area contributed by atoms with Gasteiger partial charge in [-0.05, 0) is 94.4 Å². The number of hydrogen-bond donors (Lipinski definition) is 1. The zero-order valence-electron chi connectivity index (χ0n) is 21.1. The van der Waals surface area contributed by atoms with Gasteiger partial charge >= 0.3 is 0 Å². The lowest BCUT2D eigenvalue weighted by Gasteiger charge is -2.28. The van der Waals surface area contributed by atoms with Crippen LogP contribution in [0.2, 0.25) is 0 Å².